The fourth-order valence-electron chi connectivity index (χ4n) is 3.15. The molecule has 1 aliphatic rings. The zero-order valence-corrected chi connectivity index (χ0v) is 12.6. The molecule has 0 radical (unpaired) electrons. The first-order valence-electron chi connectivity index (χ1n) is 7.18. The number of nitrogens with zero attached hydrogens (tertiary/aromatic N) is 3. The van der Waals surface area contributed by atoms with Gasteiger partial charge in [-0.05, 0) is 31.7 Å². The first kappa shape index (κ1) is 13.2. The molecule has 2 heterocycles. The molecule has 106 valence electrons. The summed E-state index contributed by atoms with van der Waals surface area (Å²) < 4.78 is 4.10. The Morgan fingerprint density at radius 3 is 2.75 bits per heavy atom. The van der Waals surface area contributed by atoms with E-state index in [-0.39, 0.29) is 11.2 Å². The lowest BCUT2D eigenvalue weighted by molar-refractivity contribution is 0.0911. The summed E-state index contributed by atoms with van der Waals surface area (Å²) in [6.07, 6.45) is 5.49. The van der Waals surface area contributed by atoms with Crippen molar-refractivity contribution in [3.8, 4) is 5.69 Å². The molecule has 0 saturated heterocycles. The average molecular weight is 271 g/mol. The Bertz CT molecular complexity index is 676. The van der Waals surface area contributed by atoms with Crippen LogP contribution in [0.1, 0.15) is 48.9 Å². The molecule has 0 unspecified atom stereocenters. The standard InChI is InChI=1S/C16H21N3O/c1-5-18-10-12(9-17-18)19-11(2)6-13-14(19)7-16(3,4)8-15(13)20/h6,9-10H,5,7-8H2,1-4H3. The summed E-state index contributed by atoms with van der Waals surface area (Å²) in [6.45, 7) is 9.31. The monoisotopic (exact) mass is 271 g/mol. The minimum absolute atomic E-state index is 0.0351. The predicted molar refractivity (Wildman–Crippen MR) is 78.4 cm³/mol. The number of aromatic nitrogens is 3. The van der Waals surface area contributed by atoms with Crippen LogP contribution < -0.4 is 0 Å². The Morgan fingerprint density at radius 1 is 1.35 bits per heavy atom. The number of hydrogen-bond donors (Lipinski definition) is 0. The van der Waals surface area contributed by atoms with Crippen LogP contribution in [0.2, 0.25) is 0 Å². The van der Waals surface area contributed by atoms with E-state index in [1.54, 1.807) is 0 Å². The highest BCUT2D eigenvalue weighted by Crippen LogP contribution is 2.37. The minimum Gasteiger partial charge on any atom is -0.315 e. The second-order valence-electron chi connectivity index (χ2n) is 6.48. The minimum atomic E-state index is 0.0351. The molecule has 20 heavy (non-hydrogen) atoms. The van der Waals surface area contributed by atoms with Crippen LogP contribution in [-0.4, -0.2) is 20.1 Å². The van der Waals surface area contributed by atoms with Crippen LogP contribution in [0.25, 0.3) is 5.69 Å². The third-order valence-electron chi connectivity index (χ3n) is 4.07. The maximum absolute atomic E-state index is 12.3. The van der Waals surface area contributed by atoms with Gasteiger partial charge in [0, 0.05) is 36.1 Å². The number of carbonyl (C=O) groups is 1. The summed E-state index contributed by atoms with van der Waals surface area (Å²) in [5, 5.41) is 4.35. The molecule has 1 aliphatic carbocycles. The Morgan fingerprint density at radius 2 is 2.10 bits per heavy atom. The van der Waals surface area contributed by atoms with E-state index in [9.17, 15) is 4.79 Å². The van der Waals surface area contributed by atoms with Crippen LogP contribution in [0.15, 0.2) is 18.5 Å². The number of ketones is 1. The van der Waals surface area contributed by atoms with Crippen LogP contribution in [0.3, 0.4) is 0 Å². The molecule has 0 spiro atoms. The van der Waals surface area contributed by atoms with Crippen molar-refractivity contribution in [3.05, 3.63) is 35.4 Å². The van der Waals surface area contributed by atoms with E-state index in [0.717, 1.165) is 35.6 Å². The highest BCUT2D eigenvalue weighted by atomic mass is 16.1. The first-order chi connectivity index (χ1) is 9.41. The first-order valence-corrected chi connectivity index (χ1v) is 7.18. The molecule has 4 nitrogen and oxygen atoms in total. The van der Waals surface area contributed by atoms with E-state index >= 15 is 0 Å². The Labute approximate surface area is 119 Å². The van der Waals surface area contributed by atoms with Crippen molar-refractivity contribution in [1.29, 1.82) is 0 Å². The summed E-state index contributed by atoms with van der Waals surface area (Å²) in [4.78, 5) is 12.3. The lowest BCUT2D eigenvalue weighted by Crippen LogP contribution is -2.27. The van der Waals surface area contributed by atoms with Crippen molar-refractivity contribution in [2.45, 2.75) is 47.1 Å². The molecule has 2 aromatic rings. The SMILES string of the molecule is CCn1cc(-n2c(C)cc3c2CC(C)(C)CC3=O)cn1. The fraction of sp³-hybridized carbons (Fsp3) is 0.500. The largest absolute Gasteiger partial charge is 0.315 e. The van der Waals surface area contributed by atoms with Gasteiger partial charge in [0.1, 0.15) is 0 Å². The van der Waals surface area contributed by atoms with Gasteiger partial charge in [0.15, 0.2) is 5.78 Å². The lowest BCUT2D eigenvalue weighted by Gasteiger charge is -2.29. The molecule has 0 amide bonds. The predicted octanol–water partition coefficient (Wildman–Crippen LogP) is 3.16. The van der Waals surface area contributed by atoms with Gasteiger partial charge in [0.05, 0.1) is 11.9 Å². The van der Waals surface area contributed by atoms with Gasteiger partial charge < -0.3 is 4.57 Å². The summed E-state index contributed by atoms with van der Waals surface area (Å²) in [5.41, 5.74) is 4.23. The van der Waals surface area contributed by atoms with Crippen LogP contribution in [0.5, 0.6) is 0 Å². The molecule has 3 rings (SSSR count). The topological polar surface area (TPSA) is 39.8 Å². The Hall–Kier alpha value is -1.84. The molecule has 2 aromatic heterocycles. The molecule has 0 aliphatic heterocycles. The average Bonchev–Trinajstić information content (AvgIpc) is 2.92. The van der Waals surface area contributed by atoms with E-state index in [4.69, 9.17) is 0 Å². The highest BCUT2D eigenvalue weighted by Gasteiger charge is 2.34. The number of fused-ring (bicyclic) bond motifs is 1. The highest BCUT2D eigenvalue weighted by molar-refractivity contribution is 5.99. The number of hydrogen-bond acceptors (Lipinski definition) is 2. The summed E-state index contributed by atoms with van der Waals surface area (Å²) >= 11 is 0. The van der Waals surface area contributed by atoms with E-state index in [1.165, 1.54) is 0 Å². The van der Waals surface area contributed by atoms with Crippen molar-refractivity contribution < 1.29 is 4.79 Å². The molecule has 0 bridgehead atoms. The molecule has 0 atom stereocenters. The second kappa shape index (κ2) is 4.33. The molecule has 0 fully saturated rings. The van der Waals surface area contributed by atoms with Crippen LogP contribution in [0, 0.1) is 12.3 Å². The smallest absolute Gasteiger partial charge is 0.165 e. The molecular formula is C16H21N3O. The fourth-order valence-corrected chi connectivity index (χ4v) is 3.15. The van der Waals surface area contributed by atoms with Gasteiger partial charge in [-0.3, -0.25) is 9.48 Å². The quantitative estimate of drug-likeness (QED) is 0.841. The third kappa shape index (κ3) is 1.99. The van der Waals surface area contributed by atoms with Crippen molar-refractivity contribution in [2.24, 2.45) is 5.41 Å². The van der Waals surface area contributed by atoms with Crippen LogP contribution >= 0.6 is 0 Å². The molecule has 4 heteroatoms. The summed E-state index contributed by atoms with van der Waals surface area (Å²) in [5.74, 6) is 0.265. The lowest BCUT2D eigenvalue weighted by atomic mass is 9.76. The zero-order valence-electron chi connectivity index (χ0n) is 12.6. The van der Waals surface area contributed by atoms with Crippen molar-refractivity contribution >= 4 is 5.78 Å². The maximum Gasteiger partial charge on any atom is 0.165 e. The van der Waals surface area contributed by atoms with Crippen molar-refractivity contribution in [1.82, 2.24) is 14.3 Å². The maximum atomic E-state index is 12.3. The van der Waals surface area contributed by atoms with Gasteiger partial charge in [0.25, 0.3) is 0 Å². The molecule has 0 N–H and O–H groups in total. The number of aryl methyl sites for hydroxylation is 2. The third-order valence-corrected chi connectivity index (χ3v) is 4.07. The zero-order chi connectivity index (χ0) is 14.5. The van der Waals surface area contributed by atoms with E-state index in [1.807, 2.05) is 23.1 Å². The van der Waals surface area contributed by atoms with Crippen molar-refractivity contribution in [3.63, 3.8) is 0 Å². The van der Waals surface area contributed by atoms with Gasteiger partial charge in [-0.25, -0.2) is 0 Å². The molecule has 0 aromatic carbocycles. The summed E-state index contributed by atoms with van der Waals surface area (Å²) in [6, 6.07) is 2.02. The van der Waals surface area contributed by atoms with Gasteiger partial charge in [-0.15, -0.1) is 0 Å². The number of carbonyl (C=O) groups excluding carboxylic acids is 1. The van der Waals surface area contributed by atoms with Gasteiger partial charge in [0.2, 0.25) is 0 Å². The number of Topliss-reactive ketones (excluding diaryl/α,β-unsaturated/α-hetero) is 1. The normalized spacial score (nSPS) is 17.3. The molecular weight excluding hydrogens is 250 g/mol. The van der Waals surface area contributed by atoms with Crippen molar-refractivity contribution in [2.75, 3.05) is 0 Å². The van der Waals surface area contributed by atoms with E-state index in [2.05, 4.69) is 37.4 Å². The van der Waals surface area contributed by atoms with E-state index in [0.29, 0.717) is 6.42 Å². The van der Waals surface area contributed by atoms with Gasteiger partial charge in [-0.1, -0.05) is 13.8 Å². The molecule has 0 saturated carbocycles. The Balaban J connectivity index is 2.15. The second-order valence-corrected chi connectivity index (χ2v) is 6.48. The Kier molecular flexibility index (Phi) is 2.85. The van der Waals surface area contributed by atoms with Gasteiger partial charge >= 0.3 is 0 Å². The van der Waals surface area contributed by atoms with Gasteiger partial charge in [-0.2, -0.15) is 5.10 Å². The van der Waals surface area contributed by atoms with Crippen LogP contribution in [-0.2, 0) is 13.0 Å². The van der Waals surface area contributed by atoms with Crippen LogP contribution in [0.4, 0.5) is 0 Å². The number of rotatable bonds is 2. The van der Waals surface area contributed by atoms with E-state index < -0.39 is 0 Å². The summed E-state index contributed by atoms with van der Waals surface area (Å²) in [7, 11) is 0.